The van der Waals surface area contributed by atoms with Crippen molar-refractivity contribution < 1.29 is 9.90 Å². The fourth-order valence-electron chi connectivity index (χ4n) is 11.4. The maximum atomic E-state index is 12.6. The van der Waals surface area contributed by atoms with Crippen LogP contribution in [0.15, 0.2) is 12.2 Å². The second-order valence-corrected chi connectivity index (χ2v) is 14.4. The molecule has 0 aromatic carbocycles. The normalized spacial score (nSPS) is 56.3. The van der Waals surface area contributed by atoms with E-state index in [0.29, 0.717) is 39.9 Å². The van der Waals surface area contributed by atoms with Crippen molar-refractivity contribution in [3.63, 3.8) is 0 Å². The summed E-state index contributed by atoms with van der Waals surface area (Å²) in [6.45, 7) is 19.2. The lowest BCUT2D eigenvalue weighted by Crippen LogP contribution is -2.66. The van der Waals surface area contributed by atoms with Crippen molar-refractivity contribution >= 4 is 6.29 Å². The van der Waals surface area contributed by atoms with Gasteiger partial charge in [-0.2, -0.15) is 0 Å². The molecule has 0 amide bonds. The van der Waals surface area contributed by atoms with Gasteiger partial charge in [0.25, 0.3) is 0 Å². The highest BCUT2D eigenvalue weighted by Crippen LogP contribution is 2.77. The number of allylic oxidation sites excluding steroid dienone is 1. The van der Waals surface area contributed by atoms with E-state index in [1.54, 1.807) is 0 Å². The van der Waals surface area contributed by atoms with Crippen LogP contribution in [0.1, 0.15) is 106 Å². The molecule has 0 radical (unpaired) electrons. The van der Waals surface area contributed by atoms with Gasteiger partial charge in [0.2, 0.25) is 0 Å². The minimum atomic E-state index is -0.158. The lowest BCUT2D eigenvalue weighted by Gasteiger charge is -2.72. The van der Waals surface area contributed by atoms with Crippen molar-refractivity contribution in [3.8, 4) is 0 Å². The minimum absolute atomic E-state index is 0.0157. The summed E-state index contributed by atoms with van der Waals surface area (Å²) in [4.78, 5) is 12.6. The molecule has 5 aliphatic carbocycles. The Hall–Kier alpha value is -0.630. The molecule has 5 rings (SSSR count). The highest BCUT2D eigenvalue weighted by molar-refractivity contribution is 5.62. The number of carbonyl (C=O) groups is 1. The highest BCUT2D eigenvalue weighted by atomic mass is 16.3. The third kappa shape index (κ3) is 2.60. The van der Waals surface area contributed by atoms with E-state index in [4.69, 9.17) is 0 Å². The van der Waals surface area contributed by atoms with E-state index in [1.165, 1.54) is 50.4 Å². The number of fused-ring (bicyclic) bond motifs is 7. The monoisotopic (exact) mass is 440 g/mol. The predicted molar refractivity (Wildman–Crippen MR) is 131 cm³/mol. The van der Waals surface area contributed by atoms with Crippen LogP contribution in [0.2, 0.25) is 0 Å². The van der Waals surface area contributed by atoms with Gasteiger partial charge >= 0.3 is 0 Å². The number of hydrogen-bond donors (Lipinski definition) is 1. The Kier molecular flexibility index (Phi) is 5.03. The largest absolute Gasteiger partial charge is 0.393 e. The highest BCUT2D eigenvalue weighted by Gasteiger charge is 2.70. The Morgan fingerprint density at radius 1 is 0.844 bits per heavy atom. The number of hydrogen-bond acceptors (Lipinski definition) is 2. The molecule has 1 N–H and O–H groups in total. The second-order valence-electron chi connectivity index (χ2n) is 14.4. The first kappa shape index (κ1) is 23.1. The molecule has 1 unspecified atom stereocenters. The summed E-state index contributed by atoms with van der Waals surface area (Å²) in [5.74, 6) is 3.03. The van der Waals surface area contributed by atoms with E-state index in [-0.39, 0.29) is 16.9 Å². The molecule has 5 saturated carbocycles. The maximum absolute atomic E-state index is 12.6. The fraction of sp³-hybridized carbons (Fsp3) is 0.900. The van der Waals surface area contributed by atoms with Gasteiger partial charge < -0.3 is 9.90 Å². The molecule has 0 aromatic rings. The molecular formula is C30H48O2. The minimum Gasteiger partial charge on any atom is -0.393 e. The SMILES string of the molecule is C=C(C)[C@@H]1CC[C@]2(C=O)CC[C@]3(C)C(CC[C@@H]4[C@@]5(C)CC[C@H](O)C(C)(C)[C@@H]5CC[C@]43C)[C@H]12. The molecular weight excluding hydrogens is 392 g/mol. The molecule has 0 saturated heterocycles. The molecule has 0 aromatic heterocycles. The number of aldehydes is 1. The Labute approximate surface area is 197 Å². The molecule has 0 aliphatic heterocycles. The second kappa shape index (κ2) is 6.96. The summed E-state index contributed by atoms with van der Waals surface area (Å²) in [6, 6.07) is 0. The number of aliphatic hydroxyl groups excluding tert-OH is 1. The quantitative estimate of drug-likeness (QED) is 0.364. The first-order valence-electron chi connectivity index (χ1n) is 13.7. The van der Waals surface area contributed by atoms with Gasteiger partial charge in [-0.25, -0.2) is 0 Å². The van der Waals surface area contributed by atoms with Crippen LogP contribution in [0, 0.1) is 56.7 Å². The average Bonchev–Trinajstić information content (AvgIpc) is 3.12. The van der Waals surface area contributed by atoms with E-state index in [2.05, 4.69) is 48.1 Å². The van der Waals surface area contributed by atoms with Crippen molar-refractivity contribution in [3.05, 3.63) is 12.2 Å². The van der Waals surface area contributed by atoms with Crippen molar-refractivity contribution in [1.29, 1.82) is 0 Å². The standard InChI is InChI=1S/C30H48O2/c1-19(2)20-10-15-30(18-31)17-16-28(6)21(25(20)30)8-9-23-27(5)13-12-24(32)26(3,4)22(27)11-14-29(23,28)7/h18,20-25,32H,1,8-17H2,2-7H3/t20-,21?,22-,23+,24-,25-,27-,28+,29+,30+/m0/s1. The van der Waals surface area contributed by atoms with Crippen LogP contribution in [-0.4, -0.2) is 17.5 Å². The van der Waals surface area contributed by atoms with E-state index in [0.717, 1.165) is 31.6 Å². The van der Waals surface area contributed by atoms with Gasteiger partial charge in [0.1, 0.15) is 6.29 Å². The molecule has 10 atom stereocenters. The van der Waals surface area contributed by atoms with Gasteiger partial charge in [0.05, 0.1) is 6.10 Å². The maximum Gasteiger partial charge on any atom is 0.126 e. The Morgan fingerprint density at radius 2 is 1.56 bits per heavy atom. The molecule has 2 nitrogen and oxygen atoms in total. The Balaban J connectivity index is 1.56. The van der Waals surface area contributed by atoms with Crippen LogP contribution in [0.5, 0.6) is 0 Å². The molecule has 180 valence electrons. The summed E-state index contributed by atoms with van der Waals surface area (Å²) in [7, 11) is 0. The molecule has 0 bridgehead atoms. The summed E-state index contributed by atoms with van der Waals surface area (Å²) < 4.78 is 0. The molecule has 5 aliphatic rings. The molecule has 0 spiro atoms. The first-order chi connectivity index (χ1) is 14.9. The van der Waals surface area contributed by atoms with Crippen LogP contribution in [0.3, 0.4) is 0 Å². The molecule has 2 heteroatoms. The van der Waals surface area contributed by atoms with Gasteiger partial charge in [-0.05, 0) is 122 Å². The zero-order valence-corrected chi connectivity index (χ0v) is 21.7. The van der Waals surface area contributed by atoms with E-state index < -0.39 is 0 Å². The Morgan fingerprint density at radius 3 is 2.22 bits per heavy atom. The lowest BCUT2D eigenvalue weighted by molar-refractivity contribution is -0.245. The summed E-state index contributed by atoms with van der Waals surface area (Å²) in [5, 5.41) is 10.9. The number of aliphatic hydroxyl groups is 1. The van der Waals surface area contributed by atoms with Crippen LogP contribution >= 0.6 is 0 Å². The van der Waals surface area contributed by atoms with Gasteiger partial charge in [-0.15, -0.1) is 0 Å². The van der Waals surface area contributed by atoms with Crippen molar-refractivity contribution in [2.75, 3.05) is 0 Å². The van der Waals surface area contributed by atoms with Crippen molar-refractivity contribution in [2.24, 2.45) is 56.7 Å². The van der Waals surface area contributed by atoms with Gasteiger partial charge in [-0.1, -0.05) is 46.8 Å². The van der Waals surface area contributed by atoms with Crippen LogP contribution in [0.4, 0.5) is 0 Å². The van der Waals surface area contributed by atoms with E-state index >= 15 is 0 Å². The summed E-state index contributed by atoms with van der Waals surface area (Å²) in [6.07, 6.45) is 13.1. The smallest absolute Gasteiger partial charge is 0.126 e. The van der Waals surface area contributed by atoms with E-state index in [1.807, 2.05) is 0 Å². The molecule has 0 heterocycles. The third-order valence-corrected chi connectivity index (χ3v) is 13.3. The summed E-state index contributed by atoms with van der Waals surface area (Å²) >= 11 is 0. The van der Waals surface area contributed by atoms with Gasteiger partial charge in [0, 0.05) is 5.41 Å². The molecule has 32 heavy (non-hydrogen) atoms. The van der Waals surface area contributed by atoms with Crippen LogP contribution in [-0.2, 0) is 4.79 Å². The van der Waals surface area contributed by atoms with Gasteiger partial charge in [0.15, 0.2) is 0 Å². The van der Waals surface area contributed by atoms with Gasteiger partial charge in [-0.3, -0.25) is 0 Å². The van der Waals surface area contributed by atoms with Crippen LogP contribution in [0.25, 0.3) is 0 Å². The van der Waals surface area contributed by atoms with E-state index in [9.17, 15) is 9.90 Å². The molecule has 5 fully saturated rings. The predicted octanol–water partition coefficient (Wildman–Crippen LogP) is 7.20. The summed E-state index contributed by atoms with van der Waals surface area (Å²) in [5.41, 5.74) is 2.20. The number of rotatable bonds is 2. The van der Waals surface area contributed by atoms with Crippen LogP contribution < -0.4 is 0 Å². The topological polar surface area (TPSA) is 37.3 Å². The fourth-order valence-corrected chi connectivity index (χ4v) is 11.4. The zero-order valence-electron chi connectivity index (χ0n) is 21.7. The van der Waals surface area contributed by atoms with Crippen molar-refractivity contribution in [1.82, 2.24) is 0 Å². The Bertz CT molecular complexity index is 814. The van der Waals surface area contributed by atoms with Crippen molar-refractivity contribution in [2.45, 2.75) is 112 Å². The average molecular weight is 441 g/mol. The third-order valence-electron chi connectivity index (χ3n) is 13.3. The zero-order chi connectivity index (χ0) is 23.3. The first-order valence-corrected chi connectivity index (χ1v) is 13.7. The number of carbonyl (C=O) groups excluding carboxylic acids is 1. The lowest BCUT2D eigenvalue weighted by atomic mass is 9.32.